The fraction of sp³-hybridized carbons (Fsp3) is 0. The van der Waals surface area contributed by atoms with E-state index in [4.69, 9.17) is 21.8 Å². The van der Waals surface area contributed by atoms with E-state index in [1.54, 1.807) is 0 Å². The minimum Gasteiger partial charge on any atom is -0.478 e. The van der Waals surface area contributed by atoms with Crippen molar-refractivity contribution in [2.75, 3.05) is 0 Å². The van der Waals surface area contributed by atoms with Gasteiger partial charge in [0.05, 0.1) is 23.7 Å². The molecule has 0 unspecified atom stereocenters. The zero-order chi connectivity index (χ0) is 11.4. The third kappa shape index (κ3) is 3.03. The Labute approximate surface area is 88.9 Å². The van der Waals surface area contributed by atoms with Crippen molar-refractivity contribution in [3.63, 3.8) is 0 Å². The summed E-state index contributed by atoms with van der Waals surface area (Å²) in [7, 11) is 0. The predicted octanol–water partition coefficient (Wildman–Crippen LogP) is 0.683. The molecular weight excluding hydrogens is 224 g/mol. The van der Waals surface area contributed by atoms with Gasteiger partial charge in [-0.3, -0.25) is 4.98 Å². The second-order valence-electron chi connectivity index (χ2n) is 2.43. The lowest BCUT2D eigenvalue weighted by Gasteiger charge is -1.99. The Hall–Kier alpha value is -1.95. The molecule has 0 radical (unpaired) electrons. The molecule has 0 bridgehead atoms. The molecule has 0 saturated heterocycles. The van der Waals surface area contributed by atoms with Gasteiger partial charge in [0.1, 0.15) is 5.15 Å². The summed E-state index contributed by atoms with van der Waals surface area (Å²) in [5.74, 6) is -2.79. The molecule has 78 valence electrons. The number of halogens is 1. The zero-order valence-corrected chi connectivity index (χ0v) is 7.97. The van der Waals surface area contributed by atoms with Crippen LogP contribution in [0.3, 0.4) is 0 Å². The van der Waals surface area contributed by atoms with Crippen molar-refractivity contribution in [1.29, 1.82) is 0 Å². The highest BCUT2D eigenvalue weighted by Gasteiger charge is 2.14. The molecule has 0 fully saturated rings. The Morgan fingerprint density at radius 3 is 2.47 bits per heavy atom. The Morgan fingerprint density at radius 2 is 2.00 bits per heavy atom. The smallest absolute Gasteiger partial charge is 0.338 e. The van der Waals surface area contributed by atoms with Gasteiger partial charge in [-0.2, -0.15) is 0 Å². The molecule has 0 aliphatic carbocycles. The number of hydrogen-bond acceptors (Lipinski definition) is 4. The standard InChI is InChI=1S/C8H5ClN2O4/c9-6-3-10-2-5(11-6)4(8(14)15)1-7(12)13/h1-3H,(H,12,13)(H,14,15)/b4-1-. The maximum atomic E-state index is 10.7. The molecule has 0 aromatic carbocycles. The van der Waals surface area contributed by atoms with Crippen LogP contribution in [0.1, 0.15) is 5.69 Å². The van der Waals surface area contributed by atoms with E-state index in [-0.39, 0.29) is 10.8 Å². The lowest BCUT2D eigenvalue weighted by atomic mass is 10.2. The first-order valence-corrected chi connectivity index (χ1v) is 4.04. The van der Waals surface area contributed by atoms with Crippen LogP contribution < -0.4 is 0 Å². The van der Waals surface area contributed by atoms with E-state index in [9.17, 15) is 9.59 Å². The molecule has 1 rings (SSSR count). The number of aliphatic carboxylic acids is 2. The fourth-order valence-corrected chi connectivity index (χ4v) is 0.988. The Kier molecular flexibility index (Phi) is 3.35. The van der Waals surface area contributed by atoms with Gasteiger partial charge >= 0.3 is 11.9 Å². The topological polar surface area (TPSA) is 100 Å². The number of carboxylic acid groups (broad SMARTS) is 2. The Balaban J connectivity index is 3.22. The maximum Gasteiger partial charge on any atom is 0.338 e. The van der Waals surface area contributed by atoms with E-state index in [2.05, 4.69) is 9.97 Å². The SMILES string of the molecule is O=C(O)/C=C(\C(=O)O)c1cncc(Cl)n1. The highest BCUT2D eigenvalue weighted by Crippen LogP contribution is 2.13. The van der Waals surface area contributed by atoms with E-state index in [1.807, 2.05) is 0 Å². The lowest BCUT2D eigenvalue weighted by molar-refractivity contribution is -0.133. The normalized spacial score (nSPS) is 11.1. The molecule has 2 N–H and O–H groups in total. The van der Waals surface area contributed by atoms with Crippen LogP contribution in [0.15, 0.2) is 18.5 Å². The minimum absolute atomic E-state index is 0.00922. The molecule has 0 aliphatic heterocycles. The third-order valence-corrected chi connectivity index (χ3v) is 1.56. The van der Waals surface area contributed by atoms with Crippen molar-refractivity contribution >= 4 is 29.1 Å². The first kappa shape index (κ1) is 11.1. The summed E-state index contributed by atoms with van der Waals surface area (Å²) in [6, 6.07) is 0. The maximum absolute atomic E-state index is 10.7. The first-order chi connectivity index (χ1) is 7.00. The van der Waals surface area contributed by atoms with Gasteiger partial charge in [0.15, 0.2) is 0 Å². The number of rotatable bonds is 3. The van der Waals surface area contributed by atoms with Crippen LogP contribution in [0, 0.1) is 0 Å². The van der Waals surface area contributed by atoms with Crippen molar-refractivity contribution in [3.05, 3.63) is 29.3 Å². The summed E-state index contributed by atoms with van der Waals surface area (Å²) >= 11 is 5.49. The van der Waals surface area contributed by atoms with Crippen LogP contribution in [0.4, 0.5) is 0 Å². The minimum atomic E-state index is -1.41. The van der Waals surface area contributed by atoms with E-state index in [0.29, 0.717) is 6.08 Å². The molecular formula is C8H5ClN2O4. The van der Waals surface area contributed by atoms with E-state index in [1.165, 1.54) is 6.20 Å². The number of carbonyl (C=O) groups is 2. The molecule has 0 spiro atoms. The second-order valence-corrected chi connectivity index (χ2v) is 2.82. The van der Waals surface area contributed by atoms with E-state index >= 15 is 0 Å². The average Bonchev–Trinajstić information content (AvgIpc) is 2.13. The van der Waals surface area contributed by atoms with Gasteiger partial charge in [0, 0.05) is 6.08 Å². The van der Waals surface area contributed by atoms with E-state index < -0.39 is 17.5 Å². The van der Waals surface area contributed by atoms with Crippen molar-refractivity contribution in [2.24, 2.45) is 0 Å². The van der Waals surface area contributed by atoms with Crippen LogP contribution in [-0.4, -0.2) is 32.1 Å². The molecule has 6 nitrogen and oxygen atoms in total. The number of nitrogens with zero attached hydrogens (tertiary/aromatic N) is 2. The number of aromatic nitrogens is 2. The summed E-state index contributed by atoms with van der Waals surface area (Å²) in [4.78, 5) is 28.3. The molecule has 0 amide bonds. The predicted molar refractivity (Wildman–Crippen MR) is 50.3 cm³/mol. The summed E-state index contributed by atoms with van der Waals surface area (Å²) in [6.45, 7) is 0. The average molecular weight is 229 g/mol. The third-order valence-electron chi connectivity index (χ3n) is 1.38. The number of hydrogen-bond donors (Lipinski definition) is 2. The van der Waals surface area contributed by atoms with E-state index in [0.717, 1.165) is 6.20 Å². The van der Waals surface area contributed by atoms with Gasteiger partial charge in [0.25, 0.3) is 0 Å². The van der Waals surface area contributed by atoms with Crippen LogP contribution >= 0.6 is 11.6 Å². The Bertz CT molecular complexity index is 444. The van der Waals surface area contributed by atoms with Crippen molar-refractivity contribution in [2.45, 2.75) is 0 Å². The molecule has 0 atom stereocenters. The molecule has 0 saturated carbocycles. The molecule has 1 aromatic heterocycles. The van der Waals surface area contributed by atoms with Crippen molar-refractivity contribution in [1.82, 2.24) is 9.97 Å². The monoisotopic (exact) mass is 228 g/mol. The Morgan fingerprint density at radius 1 is 1.33 bits per heavy atom. The molecule has 1 heterocycles. The zero-order valence-electron chi connectivity index (χ0n) is 7.22. The van der Waals surface area contributed by atoms with Gasteiger partial charge < -0.3 is 10.2 Å². The fourth-order valence-electron chi connectivity index (χ4n) is 0.841. The molecule has 1 aromatic rings. The largest absolute Gasteiger partial charge is 0.478 e. The van der Waals surface area contributed by atoms with Gasteiger partial charge in [0.2, 0.25) is 0 Å². The lowest BCUT2D eigenvalue weighted by Crippen LogP contribution is -2.05. The van der Waals surface area contributed by atoms with Crippen molar-refractivity contribution < 1.29 is 19.8 Å². The van der Waals surface area contributed by atoms with Gasteiger partial charge in [-0.05, 0) is 0 Å². The van der Waals surface area contributed by atoms with Gasteiger partial charge in [-0.15, -0.1) is 0 Å². The number of carboxylic acids is 2. The van der Waals surface area contributed by atoms with Crippen LogP contribution in [0.2, 0.25) is 5.15 Å². The summed E-state index contributed by atoms with van der Waals surface area (Å²) < 4.78 is 0. The van der Waals surface area contributed by atoms with Gasteiger partial charge in [-0.1, -0.05) is 11.6 Å². The van der Waals surface area contributed by atoms with Crippen LogP contribution in [-0.2, 0) is 9.59 Å². The molecule has 0 aliphatic rings. The second kappa shape index (κ2) is 4.52. The highest BCUT2D eigenvalue weighted by molar-refractivity contribution is 6.29. The summed E-state index contributed by atoms with van der Waals surface area (Å²) in [6.07, 6.45) is 2.86. The van der Waals surface area contributed by atoms with Crippen molar-refractivity contribution in [3.8, 4) is 0 Å². The quantitative estimate of drug-likeness (QED) is 0.738. The van der Waals surface area contributed by atoms with Crippen LogP contribution in [0.25, 0.3) is 5.57 Å². The summed E-state index contributed by atoms with van der Waals surface area (Å²) in [5.41, 5.74) is -0.574. The van der Waals surface area contributed by atoms with Gasteiger partial charge in [-0.25, -0.2) is 14.6 Å². The highest BCUT2D eigenvalue weighted by atomic mass is 35.5. The molecule has 7 heteroatoms. The van der Waals surface area contributed by atoms with Crippen LogP contribution in [0.5, 0.6) is 0 Å². The molecule has 15 heavy (non-hydrogen) atoms. The summed E-state index contributed by atoms with van der Waals surface area (Å²) in [5, 5.41) is 17.2. The first-order valence-electron chi connectivity index (χ1n) is 3.66.